The maximum Gasteiger partial charge on any atom is 0.330 e. The Morgan fingerprint density at radius 1 is 1.11 bits per heavy atom. The molecule has 6 rings (SSSR count). The molecule has 2 fully saturated rings. The lowest BCUT2D eigenvalue weighted by molar-refractivity contribution is -0.190. The third-order valence-corrected chi connectivity index (χ3v) is 7.44. The topological polar surface area (TPSA) is 122 Å². The van der Waals surface area contributed by atoms with Crippen LogP contribution in [-0.4, -0.2) is 49.7 Å². The van der Waals surface area contributed by atoms with E-state index in [1.807, 2.05) is 0 Å². The first-order valence-electron chi connectivity index (χ1n) is 11.9. The molecule has 1 N–H and O–H groups in total. The number of hydroxylamine groups is 2. The quantitative estimate of drug-likeness (QED) is 0.441. The number of anilines is 1. The van der Waals surface area contributed by atoms with Crippen LogP contribution in [0.2, 0.25) is 0 Å². The van der Waals surface area contributed by atoms with Gasteiger partial charge in [0.2, 0.25) is 11.7 Å². The number of rotatable bonds is 3. The lowest BCUT2D eigenvalue weighted by atomic mass is 9.88. The Labute approximate surface area is 205 Å². The highest BCUT2D eigenvalue weighted by molar-refractivity contribution is 6.03. The highest BCUT2D eigenvalue weighted by atomic mass is 16.6. The van der Waals surface area contributed by atoms with Crippen LogP contribution in [0.5, 0.6) is 0 Å². The first kappa shape index (κ1) is 22.6. The van der Waals surface area contributed by atoms with E-state index in [0.717, 1.165) is 9.63 Å². The van der Waals surface area contributed by atoms with Crippen molar-refractivity contribution < 1.29 is 24.3 Å². The number of ether oxygens (including phenoxy) is 1. The predicted octanol–water partition coefficient (Wildman–Crippen LogP) is 2.38. The van der Waals surface area contributed by atoms with E-state index in [1.165, 1.54) is 4.90 Å². The maximum absolute atomic E-state index is 13.7. The van der Waals surface area contributed by atoms with Crippen molar-refractivity contribution in [3.63, 3.8) is 0 Å². The zero-order chi connectivity index (χ0) is 25.5. The molecule has 4 heterocycles. The summed E-state index contributed by atoms with van der Waals surface area (Å²) in [5.74, 6) is -2.03. The fourth-order valence-corrected chi connectivity index (χ4v) is 5.66. The molecular weight excluding hydrogens is 464 g/mol. The predicted molar refractivity (Wildman–Crippen MR) is 127 cm³/mol. The molecule has 1 aromatic heterocycles. The minimum Gasteiger partial charge on any atom is -0.449 e. The van der Waals surface area contributed by atoms with E-state index in [9.17, 15) is 24.4 Å². The third kappa shape index (κ3) is 2.76. The van der Waals surface area contributed by atoms with Crippen molar-refractivity contribution in [2.24, 2.45) is 5.92 Å². The summed E-state index contributed by atoms with van der Waals surface area (Å²) in [5, 5.41) is 12.1. The SMILES string of the molecule is CC(C)C(=O)c1nc2ccccc2c(=O)n1[C@@H]1C[C@]2(OC1=O)c1ccccc1N1C(=O)[C@H](C)N(O)[C@H]12. The third-order valence-electron chi connectivity index (χ3n) is 7.44. The molecule has 0 unspecified atom stereocenters. The monoisotopic (exact) mass is 488 g/mol. The zero-order valence-electron chi connectivity index (χ0n) is 19.9. The van der Waals surface area contributed by atoms with E-state index in [0.29, 0.717) is 16.8 Å². The van der Waals surface area contributed by atoms with Gasteiger partial charge in [0.05, 0.1) is 16.6 Å². The number of carbonyl (C=O) groups excluding carboxylic acids is 3. The van der Waals surface area contributed by atoms with Gasteiger partial charge < -0.3 is 9.94 Å². The number of hydrogen-bond acceptors (Lipinski definition) is 8. The van der Waals surface area contributed by atoms with Crippen LogP contribution < -0.4 is 10.5 Å². The second-order valence-electron chi connectivity index (χ2n) is 9.83. The van der Waals surface area contributed by atoms with Gasteiger partial charge in [-0.05, 0) is 25.1 Å². The Kier molecular flexibility index (Phi) is 4.73. The number of esters is 1. The minimum absolute atomic E-state index is 0.0701. The summed E-state index contributed by atoms with van der Waals surface area (Å²) in [5.41, 5.74) is -0.506. The molecular formula is C26H24N4O6. The molecule has 0 bridgehead atoms. The minimum atomic E-state index is -1.43. The Balaban J connectivity index is 1.56. The van der Waals surface area contributed by atoms with Crippen LogP contribution in [0.4, 0.5) is 5.69 Å². The van der Waals surface area contributed by atoms with Crippen molar-refractivity contribution in [2.45, 2.75) is 51.0 Å². The summed E-state index contributed by atoms with van der Waals surface area (Å²) in [7, 11) is 0. The normalized spacial score (nSPS) is 27.2. The maximum atomic E-state index is 13.7. The molecule has 4 atom stereocenters. The van der Waals surface area contributed by atoms with Gasteiger partial charge in [0, 0.05) is 17.9 Å². The average Bonchev–Trinajstić information content (AvgIpc) is 3.43. The van der Waals surface area contributed by atoms with Gasteiger partial charge in [-0.25, -0.2) is 9.78 Å². The van der Waals surface area contributed by atoms with Gasteiger partial charge in [0.1, 0.15) is 12.1 Å². The standard InChI is InChI=1S/C26H24N4O6/c1-13(2)20(31)21-27-17-10-6-4-8-15(17)23(33)28(21)19-12-26(36-24(19)34)16-9-5-7-11-18(16)29-22(32)14(3)30(35)25(26)29/h4-11,13-14,19,25,35H,12H2,1-3H3/t14-,19+,25-,26-/m0/s1. The summed E-state index contributed by atoms with van der Waals surface area (Å²) in [6, 6.07) is 11.6. The Morgan fingerprint density at radius 3 is 2.56 bits per heavy atom. The number of Topliss-reactive ketones (excluding diaryl/α,β-unsaturated/α-hetero) is 1. The molecule has 184 valence electrons. The molecule has 10 heteroatoms. The largest absolute Gasteiger partial charge is 0.449 e. The summed E-state index contributed by atoms with van der Waals surface area (Å²) in [6.07, 6.45) is -1.07. The number of hydrogen-bond donors (Lipinski definition) is 1. The van der Waals surface area contributed by atoms with Crippen LogP contribution in [0.1, 0.15) is 49.4 Å². The van der Waals surface area contributed by atoms with E-state index in [2.05, 4.69) is 4.98 Å². The van der Waals surface area contributed by atoms with Gasteiger partial charge in [0.15, 0.2) is 17.6 Å². The molecule has 3 aromatic rings. The fourth-order valence-electron chi connectivity index (χ4n) is 5.66. The highest BCUT2D eigenvalue weighted by Crippen LogP contribution is 2.56. The van der Waals surface area contributed by atoms with E-state index in [4.69, 9.17) is 4.74 Å². The smallest absolute Gasteiger partial charge is 0.330 e. The molecule has 36 heavy (non-hydrogen) atoms. The lowest BCUT2D eigenvalue weighted by Gasteiger charge is -2.33. The summed E-state index contributed by atoms with van der Waals surface area (Å²) in [4.78, 5) is 59.3. The number of aromatic nitrogens is 2. The molecule has 2 aromatic carbocycles. The van der Waals surface area contributed by atoms with E-state index >= 15 is 0 Å². The van der Waals surface area contributed by atoms with Gasteiger partial charge in [-0.2, -0.15) is 5.06 Å². The number of para-hydroxylation sites is 2. The molecule has 3 aliphatic heterocycles. The van der Waals surface area contributed by atoms with Crippen LogP contribution >= 0.6 is 0 Å². The molecule has 0 radical (unpaired) electrons. The first-order valence-corrected chi connectivity index (χ1v) is 11.9. The van der Waals surface area contributed by atoms with Crippen molar-refractivity contribution in [1.29, 1.82) is 0 Å². The van der Waals surface area contributed by atoms with Crippen molar-refractivity contribution in [3.05, 3.63) is 70.3 Å². The molecule has 2 saturated heterocycles. The molecule has 0 aliphatic carbocycles. The van der Waals surface area contributed by atoms with E-state index in [-0.39, 0.29) is 29.3 Å². The Hall–Kier alpha value is -3.89. The highest BCUT2D eigenvalue weighted by Gasteiger charge is 2.67. The van der Waals surface area contributed by atoms with E-state index < -0.39 is 41.3 Å². The van der Waals surface area contributed by atoms with Crippen LogP contribution in [-0.2, 0) is 19.9 Å². The van der Waals surface area contributed by atoms with E-state index in [1.54, 1.807) is 69.3 Å². The molecule has 3 aliphatic rings. The molecule has 10 nitrogen and oxygen atoms in total. The number of nitrogens with zero attached hydrogens (tertiary/aromatic N) is 4. The Bertz CT molecular complexity index is 1530. The van der Waals surface area contributed by atoms with Crippen molar-refractivity contribution in [2.75, 3.05) is 4.90 Å². The van der Waals surface area contributed by atoms with Crippen molar-refractivity contribution in [3.8, 4) is 0 Å². The second-order valence-corrected chi connectivity index (χ2v) is 9.83. The van der Waals surface area contributed by atoms with Gasteiger partial charge in [-0.3, -0.25) is 23.9 Å². The van der Waals surface area contributed by atoms with Crippen LogP contribution in [0.15, 0.2) is 53.3 Å². The number of benzene rings is 2. The summed E-state index contributed by atoms with van der Waals surface area (Å²) < 4.78 is 7.15. The zero-order valence-corrected chi connectivity index (χ0v) is 19.9. The Morgan fingerprint density at radius 2 is 1.81 bits per heavy atom. The molecule has 1 amide bonds. The van der Waals surface area contributed by atoms with Crippen LogP contribution in [0.3, 0.4) is 0 Å². The average molecular weight is 489 g/mol. The van der Waals surface area contributed by atoms with Gasteiger partial charge in [-0.1, -0.05) is 44.2 Å². The number of fused-ring (bicyclic) bond motifs is 6. The van der Waals surface area contributed by atoms with Crippen LogP contribution in [0, 0.1) is 5.92 Å². The number of carbonyl (C=O) groups is 3. The van der Waals surface area contributed by atoms with Crippen molar-refractivity contribution >= 4 is 34.3 Å². The molecule has 0 saturated carbocycles. The van der Waals surface area contributed by atoms with Gasteiger partial charge in [-0.15, -0.1) is 0 Å². The van der Waals surface area contributed by atoms with Crippen LogP contribution in [0.25, 0.3) is 10.9 Å². The number of amides is 1. The fraction of sp³-hybridized carbons (Fsp3) is 0.346. The first-order chi connectivity index (χ1) is 17.2. The lowest BCUT2D eigenvalue weighted by Crippen LogP contribution is -2.50. The molecule has 1 spiro atoms. The van der Waals surface area contributed by atoms with Gasteiger partial charge >= 0.3 is 5.97 Å². The second kappa shape index (κ2) is 7.55. The summed E-state index contributed by atoms with van der Waals surface area (Å²) in [6.45, 7) is 4.97. The van der Waals surface area contributed by atoms with Crippen molar-refractivity contribution in [1.82, 2.24) is 14.6 Å². The van der Waals surface area contributed by atoms with Gasteiger partial charge in [0.25, 0.3) is 5.56 Å². The number of ketones is 1. The summed E-state index contributed by atoms with van der Waals surface area (Å²) >= 11 is 0.